The Balaban J connectivity index is 2.93. The second-order valence-electron chi connectivity index (χ2n) is 2.68. The van der Waals surface area contributed by atoms with Crippen LogP contribution >= 0.6 is 11.5 Å². The summed E-state index contributed by atoms with van der Waals surface area (Å²) in [6.45, 7) is 2.06. The van der Waals surface area contributed by atoms with Gasteiger partial charge in [0.15, 0.2) is 0 Å². The molecule has 0 bridgehead atoms. The Morgan fingerprint density at radius 2 is 2.33 bits per heavy atom. The van der Waals surface area contributed by atoms with Gasteiger partial charge in [-0.15, -0.1) is 0 Å². The minimum Gasteiger partial charge on any atom is -0.277 e. The molecule has 0 saturated heterocycles. The molecule has 1 heterocycles. The van der Waals surface area contributed by atoms with E-state index >= 15 is 0 Å². The molecule has 0 atom stereocenters. The Labute approximate surface area is 74.0 Å². The maximum atomic E-state index is 11.3. The molecule has 1 N–H and O–H groups in total. The highest BCUT2D eigenvalue weighted by atomic mass is 32.1. The Kier molecular flexibility index (Phi) is 1.73. The predicted octanol–water partition coefficient (Wildman–Crippen LogP) is 2.15. The van der Waals surface area contributed by atoms with Crippen LogP contribution in [0, 0.1) is 0 Å². The maximum absolute atomic E-state index is 11.3. The van der Waals surface area contributed by atoms with Gasteiger partial charge in [-0.2, -0.15) is 0 Å². The number of aromatic nitrogens is 1. The highest BCUT2D eigenvalue weighted by Gasteiger charge is 2.04. The first-order chi connectivity index (χ1) is 5.83. The molecule has 1 aromatic carbocycles. The van der Waals surface area contributed by atoms with Gasteiger partial charge in [0.05, 0.1) is 10.1 Å². The number of nitrogens with one attached hydrogen (secondary N) is 1. The lowest BCUT2D eigenvalue weighted by atomic mass is 10.1. The quantitative estimate of drug-likeness (QED) is 0.714. The van der Waals surface area contributed by atoms with Crippen molar-refractivity contribution in [2.45, 2.75) is 13.3 Å². The second-order valence-corrected chi connectivity index (χ2v) is 3.53. The van der Waals surface area contributed by atoms with Gasteiger partial charge in [0.2, 0.25) is 0 Å². The molecule has 0 unspecified atom stereocenters. The van der Waals surface area contributed by atoms with E-state index in [1.165, 1.54) is 11.5 Å². The largest absolute Gasteiger partial charge is 0.277 e. The van der Waals surface area contributed by atoms with Crippen molar-refractivity contribution in [2.75, 3.05) is 0 Å². The van der Waals surface area contributed by atoms with E-state index in [1.54, 1.807) is 0 Å². The zero-order chi connectivity index (χ0) is 8.55. The molecule has 0 aliphatic carbocycles. The number of benzene rings is 1. The van der Waals surface area contributed by atoms with Crippen LogP contribution in [-0.4, -0.2) is 4.37 Å². The van der Waals surface area contributed by atoms with Crippen molar-refractivity contribution >= 4 is 21.6 Å². The Morgan fingerprint density at radius 1 is 1.50 bits per heavy atom. The third kappa shape index (κ3) is 0.975. The van der Waals surface area contributed by atoms with Gasteiger partial charge in [-0.25, -0.2) is 0 Å². The van der Waals surface area contributed by atoms with E-state index in [0.717, 1.165) is 22.1 Å². The summed E-state index contributed by atoms with van der Waals surface area (Å²) in [4.78, 5) is 11.3. The number of fused-ring (bicyclic) bond motifs is 1. The van der Waals surface area contributed by atoms with Gasteiger partial charge >= 0.3 is 0 Å². The summed E-state index contributed by atoms with van der Waals surface area (Å²) in [7, 11) is 0. The van der Waals surface area contributed by atoms with Crippen molar-refractivity contribution in [1.29, 1.82) is 0 Å². The van der Waals surface area contributed by atoms with Crippen molar-refractivity contribution in [2.24, 2.45) is 0 Å². The van der Waals surface area contributed by atoms with Crippen LogP contribution in [0.5, 0.6) is 0 Å². The van der Waals surface area contributed by atoms with Crippen LogP contribution in [0.25, 0.3) is 10.1 Å². The zero-order valence-electron chi connectivity index (χ0n) is 6.76. The highest BCUT2D eigenvalue weighted by Crippen LogP contribution is 2.18. The minimum atomic E-state index is 0.0486. The summed E-state index contributed by atoms with van der Waals surface area (Å²) in [5.74, 6) is 0. The highest BCUT2D eigenvalue weighted by molar-refractivity contribution is 7.13. The number of hydrogen-bond donors (Lipinski definition) is 1. The molecule has 0 aliphatic rings. The van der Waals surface area contributed by atoms with Gasteiger partial charge in [0, 0.05) is 0 Å². The fourth-order valence-corrected chi connectivity index (χ4v) is 2.14. The van der Waals surface area contributed by atoms with Crippen molar-refractivity contribution in [3.05, 3.63) is 34.1 Å². The summed E-state index contributed by atoms with van der Waals surface area (Å²) >= 11 is 1.41. The number of aryl methyl sites for hydroxylation is 1. The van der Waals surface area contributed by atoms with Gasteiger partial charge in [-0.3, -0.25) is 9.17 Å². The van der Waals surface area contributed by atoms with E-state index in [9.17, 15) is 4.79 Å². The summed E-state index contributed by atoms with van der Waals surface area (Å²) in [5.41, 5.74) is 1.18. The molecule has 12 heavy (non-hydrogen) atoms. The lowest BCUT2D eigenvalue weighted by Crippen LogP contribution is -1.99. The van der Waals surface area contributed by atoms with Gasteiger partial charge in [0.25, 0.3) is 5.56 Å². The van der Waals surface area contributed by atoms with Gasteiger partial charge in [0.1, 0.15) is 0 Å². The molecule has 62 valence electrons. The summed E-state index contributed by atoms with van der Waals surface area (Å²) in [6.07, 6.45) is 0.914. The van der Waals surface area contributed by atoms with E-state index in [1.807, 2.05) is 18.2 Å². The molecule has 1 aromatic heterocycles. The predicted molar refractivity (Wildman–Crippen MR) is 51.8 cm³/mol. The van der Waals surface area contributed by atoms with E-state index in [-0.39, 0.29) is 5.56 Å². The van der Waals surface area contributed by atoms with E-state index in [0.29, 0.717) is 0 Å². The van der Waals surface area contributed by atoms with Crippen LogP contribution in [0.15, 0.2) is 23.0 Å². The molecule has 2 nitrogen and oxygen atoms in total. The van der Waals surface area contributed by atoms with E-state index < -0.39 is 0 Å². The Bertz CT molecular complexity index is 455. The molecule has 0 spiro atoms. The first kappa shape index (κ1) is 7.55. The molecule has 0 radical (unpaired) electrons. The van der Waals surface area contributed by atoms with Crippen LogP contribution in [0.3, 0.4) is 0 Å². The first-order valence-electron chi connectivity index (χ1n) is 3.92. The van der Waals surface area contributed by atoms with Gasteiger partial charge < -0.3 is 0 Å². The average molecular weight is 179 g/mol. The van der Waals surface area contributed by atoms with Crippen LogP contribution in [0.1, 0.15) is 12.5 Å². The van der Waals surface area contributed by atoms with E-state index in [2.05, 4.69) is 11.3 Å². The number of rotatable bonds is 1. The number of aromatic amines is 1. The van der Waals surface area contributed by atoms with Crippen molar-refractivity contribution in [3.8, 4) is 0 Å². The number of hydrogen-bond acceptors (Lipinski definition) is 2. The maximum Gasteiger partial charge on any atom is 0.266 e. The normalized spacial score (nSPS) is 10.8. The molecular weight excluding hydrogens is 170 g/mol. The van der Waals surface area contributed by atoms with Gasteiger partial charge in [-0.05, 0) is 18.1 Å². The third-order valence-corrected chi connectivity index (χ3v) is 2.82. The molecule has 2 aromatic rings. The first-order valence-corrected chi connectivity index (χ1v) is 4.73. The molecule has 3 heteroatoms. The average Bonchev–Trinajstić information content (AvgIpc) is 2.48. The standard InChI is InChI=1S/C9H9NOS/c1-2-6-4-3-5-7-8(6)9(11)10-12-7/h3-5H,2H2,1H3,(H,10,11). The Hall–Kier alpha value is -1.09. The van der Waals surface area contributed by atoms with Crippen LogP contribution in [0.4, 0.5) is 0 Å². The molecule has 2 rings (SSSR count). The molecule has 0 amide bonds. The summed E-state index contributed by atoms with van der Waals surface area (Å²) in [6, 6.07) is 5.96. The van der Waals surface area contributed by atoms with Crippen LogP contribution in [0.2, 0.25) is 0 Å². The lowest BCUT2D eigenvalue weighted by molar-refractivity contribution is 1.16. The molecule has 0 aliphatic heterocycles. The SMILES string of the molecule is CCc1cccc2s[nH]c(=O)c12. The minimum absolute atomic E-state index is 0.0486. The van der Waals surface area contributed by atoms with Crippen LogP contribution < -0.4 is 5.56 Å². The van der Waals surface area contributed by atoms with Crippen molar-refractivity contribution in [3.63, 3.8) is 0 Å². The lowest BCUT2D eigenvalue weighted by Gasteiger charge is -1.94. The summed E-state index contributed by atoms with van der Waals surface area (Å²) < 4.78 is 3.79. The third-order valence-electron chi connectivity index (χ3n) is 1.97. The van der Waals surface area contributed by atoms with Gasteiger partial charge in [-0.1, -0.05) is 30.6 Å². The van der Waals surface area contributed by atoms with Crippen molar-refractivity contribution in [1.82, 2.24) is 4.37 Å². The topological polar surface area (TPSA) is 32.9 Å². The molecular formula is C9H9NOS. The zero-order valence-corrected chi connectivity index (χ0v) is 7.57. The molecule has 0 fully saturated rings. The molecule has 0 saturated carbocycles. The van der Waals surface area contributed by atoms with Crippen LogP contribution in [-0.2, 0) is 6.42 Å². The monoisotopic (exact) mass is 179 g/mol. The summed E-state index contributed by atoms with van der Waals surface area (Å²) in [5, 5.41) is 0.866. The fourth-order valence-electron chi connectivity index (χ4n) is 1.37. The number of H-pyrrole nitrogens is 1. The second kappa shape index (κ2) is 2.75. The Morgan fingerprint density at radius 3 is 3.08 bits per heavy atom. The van der Waals surface area contributed by atoms with Crippen molar-refractivity contribution < 1.29 is 0 Å². The smallest absolute Gasteiger partial charge is 0.266 e. The fraction of sp³-hybridized carbons (Fsp3) is 0.222. The van der Waals surface area contributed by atoms with E-state index in [4.69, 9.17) is 0 Å².